The van der Waals surface area contributed by atoms with Crippen LogP contribution in [0.2, 0.25) is 0 Å². The third-order valence-electron chi connectivity index (χ3n) is 5.20. The number of thiazole rings is 1. The number of nitrogens with zero attached hydrogens (tertiary/aromatic N) is 5. The molecule has 1 aliphatic rings. The molecule has 4 aromatic rings. The van der Waals surface area contributed by atoms with Gasteiger partial charge < -0.3 is 14.4 Å². The molecule has 1 N–H and O–H groups in total. The highest BCUT2D eigenvalue weighted by atomic mass is 32.1. The van der Waals surface area contributed by atoms with Crippen LogP contribution >= 0.6 is 11.3 Å². The highest BCUT2D eigenvalue weighted by molar-refractivity contribution is 7.17. The van der Waals surface area contributed by atoms with E-state index < -0.39 is 0 Å². The number of piperazine rings is 1. The monoisotopic (exact) mass is 409 g/mol. The number of hydrogen-bond acceptors (Lipinski definition) is 7. The zero-order chi connectivity index (χ0) is 19.8. The van der Waals surface area contributed by atoms with E-state index in [0.717, 1.165) is 10.4 Å². The maximum atomic E-state index is 12.6. The molecule has 29 heavy (non-hydrogen) atoms. The van der Waals surface area contributed by atoms with Crippen molar-refractivity contribution in [2.75, 3.05) is 26.2 Å². The lowest BCUT2D eigenvalue weighted by Gasteiger charge is -2.38. The molecule has 1 amide bonds. The number of benzene rings is 1. The van der Waals surface area contributed by atoms with Gasteiger partial charge in [-0.15, -0.1) is 0 Å². The molecule has 0 saturated carbocycles. The van der Waals surface area contributed by atoms with Crippen molar-refractivity contribution in [3.8, 4) is 5.88 Å². The van der Waals surface area contributed by atoms with Crippen LogP contribution in [0, 0.1) is 0 Å². The molecule has 0 bridgehead atoms. The number of amides is 1. The Labute approximate surface area is 170 Å². The Morgan fingerprint density at radius 2 is 1.90 bits per heavy atom. The Morgan fingerprint density at radius 1 is 1.10 bits per heavy atom. The van der Waals surface area contributed by atoms with E-state index in [9.17, 15) is 9.90 Å². The zero-order valence-electron chi connectivity index (χ0n) is 15.5. The van der Waals surface area contributed by atoms with E-state index in [-0.39, 0.29) is 17.8 Å². The van der Waals surface area contributed by atoms with Gasteiger partial charge in [-0.2, -0.15) is 9.61 Å². The van der Waals surface area contributed by atoms with Crippen molar-refractivity contribution in [3.63, 3.8) is 0 Å². The predicted octanol–water partition coefficient (Wildman–Crippen LogP) is 2.64. The molecular weight excluding hydrogens is 390 g/mol. The standard InChI is InChI=1S/C20H19N5O3S/c26-18(15-7-4-12-28-15)24-10-8-23(9-11-24)16(14-5-2-1-3-6-14)17-19(27)25-20(29-17)21-13-22-25/h1-7,12-13,16,27H,8-11H2/t16-/m0/s1. The molecule has 0 unspecified atom stereocenters. The minimum atomic E-state index is -0.134. The number of carbonyl (C=O) groups is 1. The van der Waals surface area contributed by atoms with Crippen LogP contribution < -0.4 is 0 Å². The fourth-order valence-corrected chi connectivity index (χ4v) is 4.87. The summed E-state index contributed by atoms with van der Waals surface area (Å²) in [7, 11) is 0. The predicted molar refractivity (Wildman–Crippen MR) is 107 cm³/mol. The number of rotatable bonds is 4. The van der Waals surface area contributed by atoms with E-state index in [1.54, 1.807) is 17.0 Å². The molecule has 1 atom stereocenters. The molecule has 1 aliphatic heterocycles. The van der Waals surface area contributed by atoms with E-state index in [1.165, 1.54) is 28.4 Å². The quantitative estimate of drug-likeness (QED) is 0.558. The Balaban J connectivity index is 1.43. The molecular formula is C20H19N5O3S. The van der Waals surface area contributed by atoms with Crippen molar-refractivity contribution in [3.05, 3.63) is 71.3 Å². The fourth-order valence-electron chi connectivity index (χ4n) is 3.77. The van der Waals surface area contributed by atoms with Crippen molar-refractivity contribution in [2.45, 2.75) is 6.04 Å². The number of carbonyl (C=O) groups excluding carboxylic acids is 1. The summed E-state index contributed by atoms with van der Waals surface area (Å²) in [5.74, 6) is 0.388. The van der Waals surface area contributed by atoms with Gasteiger partial charge in [-0.1, -0.05) is 41.7 Å². The molecule has 5 rings (SSSR count). The van der Waals surface area contributed by atoms with Crippen LogP contribution in [-0.2, 0) is 0 Å². The molecule has 1 aromatic carbocycles. The van der Waals surface area contributed by atoms with Crippen molar-refractivity contribution in [1.29, 1.82) is 0 Å². The van der Waals surface area contributed by atoms with Crippen LogP contribution in [0.1, 0.15) is 27.0 Å². The van der Waals surface area contributed by atoms with E-state index in [2.05, 4.69) is 27.1 Å². The second-order valence-electron chi connectivity index (χ2n) is 6.86. The van der Waals surface area contributed by atoms with Gasteiger partial charge in [0.25, 0.3) is 5.91 Å². The van der Waals surface area contributed by atoms with Crippen molar-refractivity contribution in [2.24, 2.45) is 0 Å². The van der Waals surface area contributed by atoms with E-state index in [0.29, 0.717) is 36.9 Å². The molecule has 8 nitrogen and oxygen atoms in total. The minimum absolute atomic E-state index is 0.0902. The minimum Gasteiger partial charge on any atom is -0.492 e. The maximum absolute atomic E-state index is 12.6. The normalized spacial score (nSPS) is 16.3. The lowest BCUT2D eigenvalue weighted by atomic mass is 10.0. The van der Waals surface area contributed by atoms with Gasteiger partial charge in [0, 0.05) is 26.2 Å². The second kappa shape index (κ2) is 7.34. The summed E-state index contributed by atoms with van der Waals surface area (Å²) >= 11 is 1.43. The van der Waals surface area contributed by atoms with E-state index in [1.807, 2.05) is 18.2 Å². The highest BCUT2D eigenvalue weighted by Gasteiger charge is 2.32. The molecule has 0 aliphatic carbocycles. The Hall–Kier alpha value is -3.17. The van der Waals surface area contributed by atoms with Gasteiger partial charge in [0.1, 0.15) is 6.33 Å². The topological polar surface area (TPSA) is 87.1 Å². The summed E-state index contributed by atoms with van der Waals surface area (Å²) < 4.78 is 6.71. The van der Waals surface area contributed by atoms with E-state index in [4.69, 9.17) is 4.42 Å². The zero-order valence-corrected chi connectivity index (χ0v) is 16.3. The van der Waals surface area contributed by atoms with Crippen molar-refractivity contribution >= 4 is 22.2 Å². The first-order valence-electron chi connectivity index (χ1n) is 9.35. The number of furan rings is 1. The fraction of sp³-hybridized carbons (Fsp3) is 0.250. The largest absolute Gasteiger partial charge is 0.492 e. The third kappa shape index (κ3) is 3.18. The average molecular weight is 409 g/mol. The molecule has 4 heterocycles. The SMILES string of the molecule is O=C(c1ccco1)N1CCN([C@@H](c2ccccc2)c2sc3ncnn3c2O)CC1. The van der Waals surface area contributed by atoms with Crippen LogP contribution in [0.3, 0.4) is 0 Å². The van der Waals surface area contributed by atoms with Gasteiger partial charge in [0.15, 0.2) is 5.76 Å². The summed E-state index contributed by atoms with van der Waals surface area (Å²) in [4.78, 5) is 22.3. The average Bonchev–Trinajstić information content (AvgIpc) is 3.50. The maximum Gasteiger partial charge on any atom is 0.289 e. The third-order valence-corrected chi connectivity index (χ3v) is 6.29. The highest BCUT2D eigenvalue weighted by Crippen LogP contribution is 2.39. The van der Waals surface area contributed by atoms with Gasteiger partial charge in [-0.05, 0) is 17.7 Å². The lowest BCUT2D eigenvalue weighted by Crippen LogP contribution is -2.49. The van der Waals surface area contributed by atoms with Gasteiger partial charge in [0.2, 0.25) is 10.8 Å². The molecule has 9 heteroatoms. The van der Waals surface area contributed by atoms with Crippen LogP contribution in [0.4, 0.5) is 0 Å². The Bertz CT molecular complexity index is 1110. The van der Waals surface area contributed by atoms with Crippen LogP contribution in [0.5, 0.6) is 5.88 Å². The smallest absolute Gasteiger partial charge is 0.289 e. The lowest BCUT2D eigenvalue weighted by molar-refractivity contribution is 0.0568. The number of hydrogen-bond donors (Lipinski definition) is 1. The van der Waals surface area contributed by atoms with Gasteiger partial charge in [0.05, 0.1) is 17.2 Å². The summed E-state index contributed by atoms with van der Waals surface area (Å²) in [6.45, 7) is 2.53. The van der Waals surface area contributed by atoms with Gasteiger partial charge in [-0.25, -0.2) is 4.98 Å². The first-order valence-corrected chi connectivity index (χ1v) is 10.2. The Kier molecular flexibility index (Phi) is 4.53. The number of fused-ring (bicyclic) bond motifs is 1. The summed E-state index contributed by atoms with van der Waals surface area (Å²) in [5.41, 5.74) is 1.08. The number of aromatic nitrogens is 3. The second-order valence-corrected chi connectivity index (χ2v) is 7.87. The number of aromatic hydroxyl groups is 1. The van der Waals surface area contributed by atoms with Gasteiger partial charge in [-0.3, -0.25) is 9.69 Å². The molecule has 148 valence electrons. The molecule has 1 fully saturated rings. The van der Waals surface area contributed by atoms with Crippen LogP contribution in [0.25, 0.3) is 4.96 Å². The summed E-state index contributed by atoms with van der Waals surface area (Å²) in [5, 5.41) is 14.9. The molecule has 1 saturated heterocycles. The van der Waals surface area contributed by atoms with Crippen molar-refractivity contribution < 1.29 is 14.3 Å². The summed E-state index contributed by atoms with van der Waals surface area (Å²) in [6, 6.07) is 13.3. The Morgan fingerprint density at radius 3 is 2.59 bits per heavy atom. The first kappa shape index (κ1) is 17.9. The molecule has 3 aromatic heterocycles. The van der Waals surface area contributed by atoms with Crippen LogP contribution in [0.15, 0.2) is 59.5 Å². The van der Waals surface area contributed by atoms with E-state index >= 15 is 0 Å². The van der Waals surface area contributed by atoms with Crippen molar-refractivity contribution in [1.82, 2.24) is 24.4 Å². The molecule has 0 spiro atoms. The first-order chi connectivity index (χ1) is 14.2. The summed E-state index contributed by atoms with van der Waals surface area (Å²) in [6.07, 6.45) is 2.95. The van der Waals surface area contributed by atoms with Gasteiger partial charge >= 0.3 is 0 Å². The molecule has 0 radical (unpaired) electrons. The van der Waals surface area contributed by atoms with Crippen LogP contribution in [-0.4, -0.2) is 61.6 Å².